The summed E-state index contributed by atoms with van der Waals surface area (Å²) in [5.41, 5.74) is -0.381. The van der Waals surface area contributed by atoms with Crippen molar-refractivity contribution in [2.45, 2.75) is 44.4 Å². The van der Waals surface area contributed by atoms with E-state index >= 15 is 0 Å². The van der Waals surface area contributed by atoms with Gasteiger partial charge in [0.05, 0.1) is 0 Å². The molecule has 1 aromatic carbocycles. The maximum Gasteiger partial charge on any atom is 0.421 e. The molecule has 1 fully saturated rings. The first-order valence-electron chi connectivity index (χ1n) is 8.45. The van der Waals surface area contributed by atoms with E-state index in [4.69, 9.17) is 16.3 Å². The van der Waals surface area contributed by atoms with Crippen LogP contribution in [0.4, 0.5) is 24.7 Å². The minimum atomic E-state index is -4.57. The number of benzene rings is 1. The Morgan fingerprint density at radius 3 is 2.38 bits per heavy atom. The smallest absolute Gasteiger partial charge is 0.421 e. The third-order valence-corrected chi connectivity index (χ3v) is 4.66. The third-order valence-electron chi connectivity index (χ3n) is 4.41. The normalized spacial score (nSPS) is 15.7. The minimum Gasteiger partial charge on any atom is -0.460 e. The average molecular weight is 386 g/mol. The summed E-state index contributed by atoms with van der Waals surface area (Å²) in [6, 6.07) is 6.46. The number of hydrogen-bond donors (Lipinski definition) is 0. The summed E-state index contributed by atoms with van der Waals surface area (Å²) in [4.78, 5) is 9.22. The molecule has 0 N–H and O–H groups in total. The van der Waals surface area contributed by atoms with Crippen LogP contribution in [0.3, 0.4) is 0 Å². The second-order valence-electron chi connectivity index (χ2n) is 6.30. The van der Waals surface area contributed by atoms with Gasteiger partial charge >= 0.3 is 12.2 Å². The van der Waals surface area contributed by atoms with E-state index in [0.29, 0.717) is 10.7 Å². The van der Waals surface area contributed by atoms with E-state index in [1.807, 2.05) is 0 Å². The summed E-state index contributed by atoms with van der Waals surface area (Å²) in [6.07, 6.45) is 1.14. The van der Waals surface area contributed by atoms with Crippen LogP contribution in [0.25, 0.3) is 0 Å². The molecule has 0 bridgehead atoms. The fraction of sp³-hybridized carbons (Fsp3) is 0.444. The Bertz CT molecular complexity index is 746. The molecule has 0 radical (unpaired) electrons. The number of ether oxygens (including phenoxy) is 1. The highest BCUT2D eigenvalue weighted by Gasteiger charge is 2.37. The fourth-order valence-electron chi connectivity index (χ4n) is 2.99. The van der Waals surface area contributed by atoms with Crippen LogP contribution in [-0.2, 0) is 6.18 Å². The molecule has 1 aliphatic rings. The summed E-state index contributed by atoms with van der Waals surface area (Å²) in [7, 11) is 1.52. The molecule has 1 aliphatic carbocycles. The van der Waals surface area contributed by atoms with Gasteiger partial charge in [-0.2, -0.15) is 18.2 Å². The highest BCUT2D eigenvalue weighted by Crippen LogP contribution is 2.38. The highest BCUT2D eigenvalue weighted by atomic mass is 35.5. The molecule has 0 aliphatic heterocycles. The molecular weight excluding hydrogens is 367 g/mol. The van der Waals surface area contributed by atoms with Crippen molar-refractivity contribution >= 4 is 23.1 Å². The molecule has 1 heterocycles. The third kappa shape index (κ3) is 4.38. The molecular formula is C18H19ClF3N3O. The second-order valence-corrected chi connectivity index (χ2v) is 6.74. The standard InChI is InChI=1S/C18H19ClF3N3O/c1-25(13-9-7-12(19)8-10-13)16-15(18(20,21)22)11-23-17(24-16)26-14-5-3-2-4-6-14/h7-11,14H,2-6H2,1H3. The molecule has 0 saturated heterocycles. The number of hydrogen-bond acceptors (Lipinski definition) is 4. The predicted octanol–water partition coefficient (Wildman–Crippen LogP) is 5.63. The quantitative estimate of drug-likeness (QED) is 0.683. The van der Waals surface area contributed by atoms with E-state index in [1.54, 1.807) is 24.3 Å². The zero-order chi connectivity index (χ0) is 18.7. The molecule has 3 rings (SSSR count). The lowest BCUT2D eigenvalue weighted by atomic mass is 9.98. The van der Waals surface area contributed by atoms with Gasteiger partial charge < -0.3 is 9.64 Å². The van der Waals surface area contributed by atoms with Crippen molar-refractivity contribution < 1.29 is 17.9 Å². The van der Waals surface area contributed by atoms with Gasteiger partial charge in [0.15, 0.2) is 5.82 Å². The van der Waals surface area contributed by atoms with E-state index < -0.39 is 11.7 Å². The first-order chi connectivity index (χ1) is 12.3. The van der Waals surface area contributed by atoms with Gasteiger partial charge in [-0.15, -0.1) is 0 Å². The lowest BCUT2D eigenvalue weighted by molar-refractivity contribution is -0.137. The van der Waals surface area contributed by atoms with Gasteiger partial charge in [0.25, 0.3) is 0 Å². The summed E-state index contributed by atoms with van der Waals surface area (Å²) in [5.74, 6) is -0.249. The number of nitrogens with zero attached hydrogens (tertiary/aromatic N) is 3. The Labute approximate surface area is 155 Å². The van der Waals surface area contributed by atoms with Crippen molar-refractivity contribution in [1.82, 2.24) is 9.97 Å². The molecule has 0 spiro atoms. The summed E-state index contributed by atoms with van der Waals surface area (Å²) < 4.78 is 46.0. The maximum atomic E-state index is 13.4. The fourth-order valence-corrected chi connectivity index (χ4v) is 3.11. The van der Waals surface area contributed by atoms with Crippen molar-refractivity contribution in [2.75, 3.05) is 11.9 Å². The van der Waals surface area contributed by atoms with Crippen LogP contribution < -0.4 is 9.64 Å². The number of aromatic nitrogens is 2. The lowest BCUT2D eigenvalue weighted by Gasteiger charge is -2.25. The van der Waals surface area contributed by atoms with Gasteiger partial charge in [0, 0.05) is 24.0 Å². The molecule has 2 aromatic rings. The average Bonchev–Trinajstić information content (AvgIpc) is 2.61. The van der Waals surface area contributed by atoms with Crippen molar-refractivity contribution in [2.24, 2.45) is 0 Å². The Kier molecular flexibility index (Phi) is 5.55. The van der Waals surface area contributed by atoms with Gasteiger partial charge in [-0.1, -0.05) is 18.0 Å². The Morgan fingerprint density at radius 2 is 1.77 bits per heavy atom. The highest BCUT2D eigenvalue weighted by molar-refractivity contribution is 6.30. The molecule has 26 heavy (non-hydrogen) atoms. The zero-order valence-corrected chi connectivity index (χ0v) is 15.0. The maximum absolute atomic E-state index is 13.4. The molecule has 0 atom stereocenters. The molecule has 1 saturated carbocycles. The molecule has 0 amide bonds. The minimum absolute atomic E-state index is 0.0271. The number of halogens is 4. The zero-order valence-electron chi connectivity index (χ0n) is 14.3. The summed E-state index contributed by atoms with van der Waals surface area (Å²) in [6.45, 7) is 0. The van der Waals surface area contributed by atoms with E-state index in [2.05, 4.69) is 9.97 Å². The Balaban J connectivity index is 1.93. The van der Waals surface area contributed by atoms with Crippen LogP contribution in [0, 0.1) is 0 Å². The van der Waals surface area contributed by atoms with Crippen molar-refractivity contribution in [3.8, 4) is 6.01 Å². The topological polar surface area (TPSA) is 38.2 Å². The Hall–Kier alpha value is -2.02. The van der Waals surface area contributed by atoms with Crippen molar-refractivity contribution in [1.29, 1.82) is 0 Å². The predicted molar refractivity (Wildman–Crippen MR) is 94.1 cm³/mol. The summed E-state index contributed by atoms with van der Waals surface area (Å²) in [5, 5.41) is 0.502. The number of rotatable bonds is 4. The van der Waals surface area contributed by atoms with E-state index in [-0.39, 0.29) is 17.9 Å². The van der Waals surface area contributed by atoms with Crippen molar-refractivity contribution in [3.63, 3.8) is 0 Å². The van der Waals surface area contributed by atoms with Gasteiger partial charge in [-0.05, 0) is 49.9 Å². The van der Waals surface area contributed by atoms with Gasteiger partial charge in [-0.3, -0.25) is 0 Å². The molecule has 140 valence electrons. The summed E-state index contributed by atoms with van der Waals surface area (Å²) >= 11 is 5.86. The van der Waals surface area contributed by atoms with Gasteiger partial charge in [0.2, 0.25) is 0 Å². The first-order valence-corrected chi connectivity index (χ1v) is 8.82. The van der Waals surface area contributed by atoms with Crippen LogP contribution in [0.1, 0.15) is 37.7 Å². The van der Waals surface area contributed by atoms with Crippen LogP contribution in [-0.4, -0.2) is 23.1 Å². The lowest BCUT2D eigenvalue weighted by Crippen LogP contribution is -2.23. The molecule has 1 aromatic heterocycles. The van der Waals surface area contributed by atoms with E-state index in [9.17, 15) is 13.2 Å². The molecule has 0 unspecified atom stereocenters. The van der Waals surface area contributed by atoms with Crippen molar-refractivity contribution in [3.05, 3.63) is 41.0 Å². The number of anilines is 2. The van der Waals surface area contributed by atoms with Crippen LogP contribution in [0.15, 0.2) is 30.5 Å². The monoisotopic (exact) mass is 385 g/mol. The van der Waals surface area contributed by atoms with E-state index in [1.165, 1.54) is 11.9 Å². The largest absolute Gasteiger partial charge is 0.460 e. The molecule has 4 nitrogen and oxygen atoms in total. The van der Waals surface area contributed by atoms with E-state index in [0.717, 1.165) is 38.3 Å². The van der Waals surface area contributed by atoms with Crippen LogP contribution in [0.2, 0.25) is 5.02 Å². The van der Waals surface area contributed by atoms with Gasteiger partial charge in [-0.25, -0.2) is 4.98 Å². The second kappa shape index (κ2) is 7.70. The SMILES string of the molecule is CN(c1ccc(Cl)cc1)c1nc(OC2CCCCC2)ncc1C(F)(F)F. The first kappa shape index (κ1) is 18.8. The van der Waals surface area contributed by atoms with Gasteiger partial charge in [0.1, 0.15) is 11.7 Å². The molecule has 8 heteroatoms. The van der Waals surface area contributed by atoms with Crippen LogP contribution >= 0.6 is 11.6 Å². The number of alkyl halides is 3. The van der Waals surface area contributed by atoms with Crippen LogP contribution in [0.5, 0.6) is 6.01 Å². The Morgan fingerprint density at radius 1 is 1.12 bits per heavy atom.